The second kappa shape index (κ2) is 3.87. The average molecular weight is 230 g/mol. The standard InChI is InChI=1S/C13H14N2O2/c1-17-13(16)10-5-6-11-7-14-12(15(11)8-10)9-3-2-4-9/h5-9H,2-4H2,1H3. The first-order valence-electron chi connectivity index (χ1n) is 5.85. The van der Waals surface area contributed by atoms with E-state index in [1.807, 2.05) is 22.9 Å². The van der Waals surface area contributed by atoms with Crippen LogP contribution in [0.4, 0.5) is 0 Å². The summed E-state index contributed by atoms with van der Waals surface area (Å²) in [6.45, 7) is 0. The molecule has 1 aliphatic carbocycles. The monoisotopic (exact) mass is 230 g/mol. The van der Waals surface area contributed by atoms with Gasteiger partial charge in [0.1, 0.15) is 5.82 Å². The van der Waals surface area contributed by atoms with Gasteiger partial charge in [0.05, 0.1) is 24.4 Å². The Bertz CT molecular complexity index is 570. The van der Waals surface area contributed by atoms with Gasteiger partial charge < -0.3 is 9.14 Å². The van der Waals surface area contributed by atoms with Gasteiger partial charge in [0.25, 0.3) is 0 Å². The van der Waals surface area contributed by atoms with Gasteiger partial charge >= 0.3 is 5.97 Å². The smallest absolute Gasteiger partial charge is 0.339 e. The van der Waals surface area contributed by atoms with E-state index in [2.05, 4.69) is 4.98 Å². The summed E-state index contributed by atoms with van der Waals surface area (Å²) >= 11 is 0. The topological polar surface area (TPSA) is 43.6 Å². The lowest BCUT2D eigenvalue weighted by Crippen LogP contribution is -2.13. The number of hydrogen-bond donors (Lipinski definition) is 0. The summed E-state index contributed by atoms with van der Waals surface area (Å²) < 4.78 is 6.74. The van der Waals surface area contributed by atoms with Crippen molar-refractivity contribution in [3.05, 3.63) is 35.9 Å². The van der Waals surface area contributed by atoms with E-state index in [-0.39, 0.29) is 5.97 Å². The third-order valence-electron chi connectivity index (χ3n) is 3.45. The maximum atomic E-state index is 11.5. The van der Waals surface area contributed by atoms with Gasteiger partial charge in [-0.2, -0.15) is 0 Å². The van der Waals surface area contributed by atoms with Crippen molar-refractivity contribution in [1.82, 2.24) is 9.38 Å². The number of imidazole rings is 1. The Hall–Kier alpha value is -1.84. The SMILES string of the molecule is COC(=O)c1ccc2cnc(C3CCC3)n2c1. The van der Waals surface area contributed by atoms with E-state index < -0.39 is 0 Å². The van der Waals surface area contributed by atoms with Gasteiger partial charge in [0.2, 0.25) is 0 Å². The highest BCUT2D eigenvalue weighted by Crippen LogP contribution is 2.35. The van der Waals surface area contributed by atoms with Crippen LogP contribution in [0.1, 0.15) is 41.4 Å². The van der Waals surface area contributed by atoms with Crippen molar-refractivity contribution < 1.29 is 9.53 Å². The molecular weight excluding hydrogens is 216 g/mol. The Morgan fingerprint density at radius 2 is 2.29 bits per heavy atom. The number of ether oxygens (including phenoxy) is 1. The van der Waals surface area contributed by atoms with Crippen LogP contribution in [-0.4, -0.2) is 22.5 Å². The van der Waals surface area contributed by atoms with Crippen LogP contribution in [-0.2, 0) is 4.74 Å². The van der Waals surface area contributed by atoms with E-state index in [1.165, 1.54) is 26.4 Å². The number of carbonyl (C=O) groups excluding carboxylic acids is 1. The van der Waals surface area contributed by atoms with Crippen LogP contribution in [0.15, 0.2) is 24.5 Å². The first-order chi connectivity index (χ1) is 8.29. The van der Waals surface area contributed by atoms with Gasteiger partial charge in [-0.1, -0.05) is 6.42 Å². The molecule has 0 amide bonds. The molecule has 0 radical (unpaired) electrons. The van der Waals surface area contributed by atoms with Crippen LogP contribution in [0.25, 0.3) is 5.52 Å². The summed E-state index contributed by atoms with van der Waals surface area (Å²) in [5, 5.41) is 0. The summed E-state index contributed by atoms with van der Waals surface area (Å²) in [4.78, 5) is 15.9. The van der Waals surface area contributed by atoms with Gasteiger partial charge in [-0.25, -0.2) is 9.78 Å². The molecule has 2 heterocycles. The third-order valence-corrected chi connectivity index (χ3v) is 3.45. The highest BCUT2D eigenvalue weighted by Gasteiger charge is 2.23. The second-order valence-corrected chi connectivity index (χ2v) is 4.45. The molecule has 3 rings (SSSR count). The predicted octanol–water partition coefficient (Wildman–Crippen LogP) is 2.39. The molecule has 1 saturated carbocycles. The maximum absolute atomic E-state index is 11.5. The Kier molecular flexibility index (Phi) is 2.35. The van der Waals surface area contributed by atoms with Crippen molar-refractivity contribution >= 4 is 11.5 Å². The van der Waals surface area contributed by atoms with Gasteiger partial charge in [-0.3, -0.25) is 0 Å². The van der Waals surface area contributed by atoms with Crippen molar-refractivity contribution in [2.45, 2.75) is 25.2 Å². The fraction of sp³-hybridized carbons (Fsp3) is 0.385. The van der Waals surface area contributed by atoms with E-state index in [4.69, 9.17) is 4.74 Å². The van der Waals surface area contributed by atoms with Crippen molar-refractivity contribution in [2.75, 3.05) is 7.11 Å². The second-order valence-electron chi connectivity index (χ2n) is 4.45. The fourth-order valence-electron chi connectivity index (χ4n) is 2.22. The quantitative estimate of drug-likeness (QED) is 0.744. The number of aromatic nitrogens is 2. The summed E-state index contributed by atoms with van der Waals surface area (Å²) in [6.07, 6.45) is 7.34. The molecule has 0 N–H and O–H groups in total. The molecule has 2 aromatic rings. The minimum atomic E-state index is -0.305. The molecule has 2 aromatic heterocycles. The summed E-state index contributed by atoms with van der Waals surface area (Å²) in [5.41, 5.74) is 1.60. The number of methoxy groups -OCH3 is 1. The molecular formula is C13H14N2O2. The van der Waals surface area contributed by atoms with E-state index in [9.17, 15) is 4.79 Å². The molecule has 0 aromatic carbocycles. The van der Waals surface area contributed by atoms with Crippen molar-refractivity contribution in [1.29, 1.82) is 0 Å². The summed E-state index contributed by atoms with van der Waals surface area (Å²) in [5.74, 6) is 1.31. The zero-order valence-corrected chi connectivity index (χ0v) is 9.72. The molecule has 0 bridgehead atoms. The number of fused-ring (bicyclic) bond motifs is 1. The first-order valence-corrected chi connectivity index (χ1v) is 5.85. The molecule has 0 unspecified atom stereocenters. The van der Waals surface area contributed by atoms with Crippen LogP contribution in [0.5, 0.6) is 0 Å². The van der Waals surface area contributed by atoms with E-state index in [0.717, 1.165) is 11.3 Å². The molecule has 4 heteroatoms. The van der Waals surface area contributed by atoms with Crippen molar-refractivity contribution in [3.8, 4) is 0 Å². The maximum Gasteiger partial charge on any atom is 0.339 e. The molecule has 17 heavy (non-hydrogen) atoms. The zero-order valence-electron chi connectivity index (χ0n) is 9.72. The van der Waals surface area contributed by atoms with E-state index in [1.54, 1.807) is 6.07 Å². The number of nitrogens with zero attached hydrogens (tertiary/aromatic N) is 2. The Morgan fingerprint density at radius 3 is 2.94 bits per heavy atom. The van der Waals surface area contributed by atoms with Crippen LogP contribution in [0, 0.1) is 0 Å². The molecule has 88 valence electrons. The van der Waals surface area contributed by atoms with E-state index in [0.29, 0.717) is 11.5 Å². The largest absolute Gasteiger partial charge is 0.465 e. The van der Waals surface area contributed by atoms with Gasteiger partial charge in [0.15, 0.2) is 0 Å². The number of hydrogen-bond acceptors (Lipinski definition) is 3. The lowest BCUT2D eigenvalue weighted by atomic mass is 9.85. The van der Waals surface area contributed by atoms with E-state index >= 15 is 0 Å². The van der Waals surface area contributed by atoms with Crippen LogP contribution < -0.4 is 0 Å². The Morgan fingerprint density at radius 1 is 1.47 bits per heavy atom. The van der Waals surface area contributed by atoms with Crippen LogP contribution >= 0.6 is 0 Å². The highest BCUT2D eigenvalue weighted by molar-refractivity contribution is 5.89. The highest BCUT2D eigenvalue weighted by atomic mass is 16.5. The first kappa shape index (κ1) is 10.3. The molecule has 0 atom stereocenters. The van der Waals surface area contributed by atoms with Crippen molar-refractivity contribution in [2.24, 2.45) is 0 Å². The Balaban J connectivity index is 2.09. The van der Waals surface area contributed by atoms with Gasteiger partial charge in [0, 0.05) is 12.1 Å². The lowest BCUT2D eigenvalue weighted by molar-refractivity contribution is 0.0600. The molecule has 0 saturated heterocycles. The number of esters is 1. The molecule has 1 aliphatic rings. The molecule has 0 spiro atoms. The van der Waals surface area contributed by atoms with Crippen LogP contribution in [0.3, 0.4) is 0 Å². The lowest BCUT2D eigenvalue weighted by Gasteiger charge is -2.24. The van der Waals surface area contributed by atoms with Crippen LogP contribution in [0.2, 0.25) is 0 Å². The molecule has 0 aliphatic heterocycles. The fourth-order valence-corrected chi connectivity index (χ4v) is 2.22. The zero-order chi connectivity index (χ0) is 11.8. The van der Waals surface area contributed by atoms with Crippen molar-refractivity contribution in [3.63, 3.8) is 0 Å². The predicted molar refractivity (Wildman–Crippen MR) is 63.1 cm³/mol. The minimum absolute atomic E-state index is 0.305. The summed E-state index contributed by atoms with van der Waals surface area (Å²) in [7, 11) is 1.40. The minimum Gasteiger partial charge on any atom is -0.465 e. The molecule has 1 fully saturated rings. The summed E-state index contributed by atoms with van der Waals surface area (Å²) in [6, 6.07) is 3.68. The normalized spacial score (nSPS) is 15.8. The average Bonchev–Trinajstić information content (AvgIpc) is 2.69. The number of carbonyl (C=O) groups is 1. The van der Waals surface area contributed by atoms with Gasteiger partial charge in [-0.15, -0.1) is 0 Å². The number of pyridine rings is 1. The molecule has 4 nitrogen and oxygen atoms in total. The number of rotatable bonds is 2. The Labute approximate surface area is 99.2 Å². The van der Waals surface area contributed by atoms with Gasteiger partial charge in [-0.05, 0) is 25.0 Å². The third kappa shape index (κ3) is 1.60.